The molecule has 0 amide bonds. The Morgan fingerprint density at radius 1 is 1.11 bits per heavy atom. The van der Waals surface area contributed by atoms with Crippen molar-refractivity contribution in [3.63, 3.8) is 0 Å². The molecule has 1 atom stereocenters. The number of hydrogen-bond donors (Lipinski definition) is 1. The van der Waals surface area contributed by atoms with E-state index in [9.17, 15) is 9.90 Å². The predicted octanol–water partition coefficient (Wildman–Crippen LogP) is 6.57. The number of ether oxygens (including phenoxy) is 2. The number of benzene rings is 2. The molecule has 0 bridgehead atoms. The SMILES string of the molecule is CC1(C)COCC1n1c(Cc2cc(F)c(-c3cccc(OCc4nnc(C5CC5)s4)n3)cc2F)nc2ccc(C(=O)O)cc21. The fourth-order valence-electron chi connectivity index (χ4n) is 5.62. The lowest BCUT2D eigenvalue weighted by molar-refractivity contribution is 0.0697. The summed E-state index contributed by atoms with van der Waals surface area (Å²) in [5.41, 5.74) is 1.38. The molecule has 12 heteroatoms. The highest BCUT2D eigenvalue weighted by molar-refractivity contribution is 7.11. The molecule has 0 spiro atoms. The normalized spacial score (nSPS) is 17.8. The van der Waals surface area contributed by atoms with Crippen molar-refractivity contribution in [2.75, 3.05) is 13.2 Å². The molecule has 1 saturated heterocycles. The quantitative estimate of drug-likeness (QED) is 0.198. The van der Waals surface area contributed by atoms with E-state index in [-0.39, 0.29) is 52.7 Å². The Bertz CT molecular complexity index is 1900. The molecular formula is C32H29F2N5O4S. The second kappa shape index (κ2) is 11.0. The van der Waals surface area contributed by atoms with Crippen molar-refractivity contribution in [3.05, 3.63) is 87.1 Å². The first kappa shape index (κ1) is 28.5. The largest absolute Gasteiger partial charge is 0.478 e. The number of halogens is 2. The number of nitrogens with zero attached hydrogens (tertiary/aromatic N) is 5. The summed E-state index contributed by atoms with van der Waals surface area (Å²) in [5.74, 6) is -1.03. The number of aromatic carboxylic acids is 1. The van der Waals surface area contributed by atoms with Crippen LogP contribution in [0, 0.1) is 17.0 Å². The average Bonchev–Trinajstić information content (AvgIpc) is 3.48. The van der Waals surface area contributed by atoms with Crippen molar-refractivity contribution in [2.24, 2.45) is 5.41 Å². The van der Waals surface area contributed by atoms with Crippen LogP contribution in [0.4, 0.5) is 8.78 Å². The van der Waals surface area contributed by atoms with Crippen LogP contribution in [0.2, 0.25) is 0 Å². The molecule has 5 aromatic rings. The van der Waals surface area contributed by atoms with E-state index in [0.717, 1.165) is 28.9 Å². The Morgan fingerprint density at radius 3 is 2.70 bits per heavy atom. The molecule has 9 nitrogen and oxygen atoms in total. The molecule has 7 rings (SSSR count). The number of aromatic nitrogens is 5. The lowest BCUT2D eigenvalue weighted by atomic mass is 9.87. The van der Waals surface area contributed by atoms with Crippen LogP contribution >= 0.6 is 11.3 Å². The second-order valence-corrected chi connectivity index (χ2v) is 13.1. The van der Waals surface area contributed by atoms with Crippen molar-refractivity contribution in [1.29, 1.82) is 0 Å². The predicted molar refractivity (Wildman–Crippen MR) is 159 cm³/mol. The zero-order valence-corrected chi connectivity index (χ0v) is 24.9. The fraction of sp³-hybridized carbons (Fsp3) is 0.344. The number of pyridine rings is 1. The molecule has 1 aliphatic carbocycles. The first-order chi connectivity index (χ1) is 21.2. The Morgan fingerprint density at radius 2 is 1.95 bits per heavy atom. The van der Waals surface area contributed by atoms with E-state index in [1.54, 1.807) is 30.3 Å². The zero-order valence-electron chi connectivity index (χ0n) is 24.1. The smallest absolute Gasteiger partial charge is 0.335 e. The van der Waals surface area contributed by atoms with Crippen molar-refractivity contribution >= 4 is 28.3 Å². The molecule has 44 heavy (non-hydrogen) atoms. The van der Waals surface area contributed by atoms with E-state index >= 15 is 8.78 Å². The Hall–Kier alpha value is -4.29. The number of carboxylic acid groups (broad SMARTS) is 1. The van der Waals surface area contributed by atoms with E-state index in [0.29, 0.717) is 36.0 Å². The third kappa shape index (κ3) is 5.43. The Labute approximate surface area is 255 Å². The van der Waals surface area contributed by atoms with Gasteiger partial charge in [0.15, 0.2) is 5.01 Å². The maximum absolute atomic E-state index is 15.7. The van der Waals surface area contributed by atoms with Gasteiger partial charge in [-0.2, -0.15) is 0 Å². The van der Waals surface area contributed by atoms with E-state index in [1.807, 2.05) is 4.57 Å². The molecule has 0 radical (unpaired) electrons. The summed E-state index contributed by atoms with van der Waals surface area (Å²) >= 11 is 1.52. The van der Waals surface area contributed by atoms with Gasteiger partial charge in [-0.25, -0.2) is 23.5 Å². The summed E-state index contributed by atoms with van der Waals surface area (Å²) in [5, 5.41) is 19.7. The molecule has 4 heterocycles. The summed E-state index contributed by atoms with van der Waals surface area (Å²) in [7, 11) is 0. The first-order valence-electron chi connectivity index (χ1n) is 14.4. The lowest BCUT2D eigenvalue weighted by Crippen LogP contribution is -2.27. The molecule has 2 aliphatic rings. The number of rotatable bonds is 9. The van der Waals surface area contributed by atoms with Gasteiger partial charge in [0.25, 0.3) is 0 Å². The number of carboxylic acids is 1. The summed E-state index contributed by atoms with van der Waals surface area (Å²) in [4.78, 5) is 20.9. The number of imidazole rings is 1. The molecule has 1 aliphatic heterocycles. The van der Waals surface area contributed by atoms with Gasteiger partial charge in [-0.05, 0) is 54.8 Å². The van der Waals surface area contributed by atoms with Gasteiger partial charge in [0.2, 0.25) is 5.88 Å². The van der Waals surface area contributed by atoms with Gasteiger partial charge < -0.3 is 19.1 Å². The van der Waals surface area contributed by atoms with Gasteiger partial charge in [0.05, 0.1) is 41.5 Å². The van der Waals surface area contributed by atoms with Crippen LogP contribution in [-0.4, -0.2) is 49.0 Å². The van der Waals surface area contributed by atoms with E-state index in [4.69, 9.17) is 14.5 Å². The van der Waals surface area contributed by atoms with Crippen molar-refractivity contribution in [1.82, 2.24) is 24.7 Å². The summed E-state index contributed by atoms with van der Waals surface area (Å²) in [6.07, 6.45) is 2.27. The molecule has 2 fully saturated rings. The monoisotopic (exact) mass is 617 g/mol. The van der Waals surface area contributed by atoms with Crippen LogP contribution < -0.4 is 4.74 Å². The van der Waals surface area contributed by atoms with Gasteiger partial charge in [-0.1, -0.05) is 31.3 Å². The van der Waals surface area contributed by atoms with Gasteiger partial charge >= 0.3 is 5.97 Å². The van der Waals surface area contributed by atoms with Crippen LogP contribution in [0.1, 0.15) is 70.4 Å². The van der Waals surface area contributed by atoms with Gasteiger partial charge in [-0.15, -0.1) is 10.2 Å². The highest BCUT2D eigenvalue weighted by Gasteiger charge is 2.39. The van der Waals surface area contributed by atoms with E-state index < -0.39 is 17.6 Å². The minimum absolute atomic E-state index is 0.00598. The molecular weight excluding hydrogens is 588 g/mol. The third-order valence-electron chi connectivity index (χ3n) is 8.21. The topological polar surface area (TPSA) is 112 Å². The molecule has 226 valence electrons. The molecule has 1 unspecified atom stereocenters. The van der Waals surface area contributed by atoms with Gasteiger partial charge in [0.1, 0.15) is 29.1 Å². The van der Waals surface area contributed by atoms with Crippen LogP contribution in [0.3, 0.4) is 0 Å². The lowest BCUT2D eigenvalue weighted by Gasteiger charge is -2.28. The zero-order chi connectivity index (χ0) is 30.6. The average molecular weight is 618 g/mol. The second-order valence-electron chi connectivity index (χ2n) is 12.0. The van der Waals surface area contributed by atoms with Crippen molar-refractivity contribution < 1.29 is 28.2 Å². The van der Waals surface area contributed by atoms with Crippen LogP contribution in [-0.2, 0) is 17.8 Å². The standard InChI is InChI=1S/C32H29F2N5O4S/c1-32(2)16-42-14-26(32)39-25-11-18(31(40)41)8-9-24(25)35-27(39)12-19-10-22(34)20(13-21(19)33)23-4-3-5-28(36-23)43-15-29-37-38-30(44-29)17-6-7-17/h3-5,8-11,13,17,26H,6-7,12,14-16H2,1-2H3,(H,40,41). The summed E-state index contributed by atoms with van der Waals surface area (Å²) in [6, 6.07) is 11.8. The molecule has 1 N–H and O–H groups in total. The minimum Gasteiger partial charge on any atom is -0.478 e. The van der Waals surface area contributed by atoms with E-state index in [1.165, 1.54) is 23.5 Å². The van der Waals surface area contributed by atoms with Crippen LogP contribution in [0.5, 0.6) is 5.88 Å². The minimum atomic E-state index is -1.06. The van der Waals surface area contributed by atoms with E-state index in [2.05, 4.69) is 29.0 Å². The highest BCUT2D eigenvalue weighted by atomic mass is 32.1. The number of fused-ring (bicyclic) bond motifs is 1. The number of hydrogen-bond acceptors (Lipinski definition) is 8. The summed E-state index contributed by atoms with van der Waals surface area (Å²) < 4.78 is 44.7. The molecule has 3 aromatic heterocycles. The Kier molecular flexibility index (Phi) is 7.13. The highest BCUT2D eigenvalue weighted by Crippen LogP contribution is 2.42. The molecule has 1 saturated carbocycles. The Balaban J connectivity index is 1.17. The van der Waals surface area contributed by atoms with Gasteiger partial charge in [-0.3, -0.25) is 0 Å². The van der Waals surface area contributed by atoms with Crippen molar-refractivity contribution in [3.8, 4) is 17.1 Å². The van der Waals surface area contributed by atoms with Crippen molar-refractivity contribution in [2.45, 2.75) is 51.7 Å². The van der Waals surface area contributed by atoms with Gasteiger partial charge in [0, 0.05) is 29.4 Å². The first-order valence-corrected chi connectivity index (χ1v) is 15.2. The maximum Gasteiger partial charge on any atom is 0.335 e. The maximum atomic E-state index is 15.7. The number of carbonyl (C=O) groups is 1. The van der Waals surface area contributed by atoms with Crippen LogP contribution in [0.15, 0.2) is 48.5 Å². The third-order valence-corrected chi connectivity index (χ3v) is 9.27. The fourth-order valence-corrected chi connectivity index (χ4v) is 6.54. The van der Waals surface area contributed by atoms with Crippen LogP contribution in [0.25, 0.3) is 22.3 Å². The summed E-state index contributed by atoms with van der Waals surface area (Å²) in [6.45, 7) is 5.20. The molecule has 2 aromatic carbocycles.